The Bertz CT molecular complexity index is 1480. The van der Waals surface area contributed by atoms with Crippen molar-refractivity contribution in [2.24, 2.45) is 0 Å². The number of aromatic nitrogens is 1. The molecule has 35 heavy (non-hydrogen) atoms. The smallest absolute Gasteiger partial charge is 0.416 e. The lowest BCUT2D eigenvalue weighted by molar-refractivity contribution is -0.137. The Hall–Kier alpha value is -4.40. The predicted molar refractivity (Wildman–Crippen MR) is 122 cm³/mol. The van der Waals surface area contributed by atoms with Crippen molar-refractivity contribution in [1.82, 2.24) is 4.98 Å². The zero-order chi connectivity index (χ0) is 24.9. The first kappa shape index (κ1) is 22.4. The molecule has 0 bridgehead atoms. The summed E-state index contributed by atoms with van der Waals surface area (Å²) in [4.78, 5) is 31.7. The van der Waals surface area contributed by atoms with Crippen molar-refractivity contribution in [2.45, 2.75) is 13.1 Å². The normalized spacial score (nSPS) is 13.3. The number of carbonyl (C=O) groups is 2. The number of imide groups is 1. The Morgan fingerprint density at radius 1 is 0.914 bits per heavy atom. The van der Waals surface area contributed by atoms with Crippen molar-refractivity contribution in [3.63, 3.8) is 0 Å². The molecule has 0 aliphatic carbocycles. The van der Waals surface area contributed by atoms with Gasteiger partial charge in [0.25, 0.3) is 11.8 Å². The molecule has 3 aromatic carbocycles. The van der Waals surface area contributed by atoms with Gasteiger partial charge >= 0.3 is 6.18 Å². The molecule has 1 aromatic heterocycles. The van der Waals surface area contributed by atoms with Gasteiger partial charge in [-0.2, -0.15) is 13.2 Å². The van der Waals surface area contributed by atoms with Gasteiger partial charge in [-0.1, -0.05) is 18.2 Å². The summed E-state index contributed by atoms with van der Waals surface area (Å²) in [5.74, 6) is -0.839. The summed E-state index contributed by atoms with van der Waals surface area (Å²) in [7, 11) is 1.36. The molecule has 1 aliphatic rings. The number of nitrogens with zero attached hydrogens (tertiary/aromatic N) is 2. The van der Waals surface area contributed by atoms with E-state index in [4.69, 9.17) is 9.47 Å². The second kappa shape index (κ2) is 8.12. The van der Waals surface area contributed by atoms with E-state index in [2.05, 4.69) is 4.98 Å². The van der Waals surface area contributed by atoms with Crippen molar-refractivity contribution in [1.29, 1.82) is 0 Å². The van der Waals surface area contributed by atoms with Crippen LogP contribution in [0.3, 0.4) is 0 Å². The van der Waals surface area contributed by atoms with E-state index in [1.54, 1.807) is 37.3 Å². The topological polar surface area (TPSA) is 68.7 Å². The van der Waals surface area contributed by atoms with Crippen LogP contribution in [0.5, 0.6) is 17.2 Å². The van der Waals surface area contributed by atoms with Crippen molar-refractivity contribution < 1.29 is 32.2 Å². The molecule has 0 unspecified atom stereocenters. The number of amides is 2. The summed E-state index contributed by atoms with van der Waals surface area (Å²) in [6, 6.07) is 14.1. The number of pyridine rings is 1. The Morgan fingerprint density at radius 2 is 1.60 bits per heavy atom. The Morgan fingerprint density at radius 3 is 2.23 bits per heavy atom. The highest BCUT2D eigenvalue weighted by atomic mass is 19.4. The number of fused-ring (bicyclic) bond motifs is 2. The molecule has 0 atom stereocenters. The Kier molecular flexibility index (Phi) is 5.20. The lowest BCUT2D eigenvalue weighted by atomic mass is 10.1. The van der Waals surface area contributed by atoms with Crippen molar-refractivity contribution >= 4 is 28.4 Å². The molecule has 0 saturated heterocycles. The standard InChI is InChI=1S/C26H17F3N2O4/c1-14-10-11-30-22-19(31-24(32)17-8-3-4-9-18(17)25(31)33)13-20(34-2)23(21(14)22)35-16-7-5-6-15(12-16)26(27,28)29/h3-13H,1-2H3. The summed E-state index contributed by atoms with van der Waals surface area (Å²) in [5, 5.41) is 0.399. The van der Waals surface area contributed by atoms with Crippen LogP contribution in [-0.2, 0) is 6.18 Å². The van der Waals surface area contributed by atoms with Gasteiger partial charge in [-0.05, 0) is 48.9 Å². The van der Waals surface area contributed by atoms with E-state index < -0.39 is 23.6 Å². The van der Waals surface area contributed by atoms with Gasteiger partial charge in [0.1, 0.15) is 5.75 Å². The highest BCUT2D eigenvalue weighted by Crippen LogP contribution is 2.46. The van der Waals surface area contributed by atoms with Crippen LogP contribution >= 0.6 is 0 Å². The molecular weight excluding hydrogens is 461 g/mol. The fraction of sp³-hybridized carbons (Fsp3) is 0.115. The number of alkyl halides is 3. The lowest BCUT2D eigenvalue weighted by Crippen LogP contribution is -2.29. The van der Waals surface area contributed by atoms with Crippen LogP contribution in [0, 0.1) is 6.92 Å². The zero-order valence-electron chi connectivity index (χ0n) is 18.5. The SMILES string of the molecule is COc1cc(N2C(=O)c3ccccc3C2=O)c2nccc(C)c2c1Oc1cccc(C(F)(F)F)c1. The fourth-order valence-electron chi connectivity index (χ4n) is 4.11. The molecule has 1 aliphatic heterocycles. The van der Waals surface area contributed by atoms with Crippen LogP contribution in [0.15, 0.2) is 66.9 Å². The summed E-state index contributed by atoms with van der Waals surface area (Å²) in [5.41, 5.74) is 0.776. The van der Waals surface area contributed by atoms with E-state index in [-0.39, 0.29) is 39.6 Å². The number of benzene rings is 3. The maximum atomic E-state index is 13.2. The first-order valence-electron chi connectivity index (χ1n) is 10.5. The second-order valence-electron chi connectivity index (χ2n) is 7.90. The van der Waals surface area contributed by atoms with E-state index in [0.29, 0.717) is 10.9 Å². The monoisotopic (exact) mass is 478 g/mol. The van der Waals surface area contributed by atoms with Crippen LogP contribution in [0.2, 0.25) is 0 Å². The largest absolute Gasteiger partial charge is 0.493 e. The Labute approximate surface area is 197 Å². The van der Waals surface area contributed by atoms with E-state index in [0.717, 1.165) is 17.0 Å². The fourth-order valence-corrected chi connectivity index (χ4v) is 4.11. The first-order chi connectivity index (χ1) is 16.7. The number of anilines is 1. The number of aryl methyl sites for hydroxylation is 1. The zero-order valence-corrected chi connectivity index (χ0v) is 18.5. The van der Waals surface area contributed by atoms with E-state index in [1.165, 1.54) is 31.5 Å². The third-order valence-electron chi connectivity index (χ3n) is 5.76. The first-order valence-corrected chi connectivity index (χ1v) is 10.5. The Balaban J connectivity index is 1.70. The van der Waals surface area contributed by atoms with E-state index in [9.17, 15) is 22.8 Å². The summed E-state index contributed by atoms with van der Waals surface area (Å²) >= 11 is 0. The number of methoxy groups -OCH3 is 1. The molecule has 2 heterocycles. The third-order valence-corrected chi connectivity index (χ3v) is 5.76. The molecule has 176 valence electrons. The van der Waals surface area contributed by atoms with Gasteiger partial charge in [0, 0.05) is 12.3 Å². The van der Waals surface area contributed by atoms with Crippen molar-refractivity contribution in [3.05, 3.63) is 89.1 Å². The molecule has 0 N–H and O–H groups in total. The van der Waals surface area contributed by atoms with Gasteiger partial charge in [0.05, 0.1) is 40.4 Å². The highest BCUT2D eigenvalue weighted by molar-refractivity contribution is 6.36. The highest BCUT2D eigenvalue weighted by Gasteiger charge is 2.38. The predicted octanol–water partition coefficient (Wildman–Crippen LogP) is 6.16. The molecule has 2 amide bonds. The van der Waals surface area contributed by atoms with Gasteiger partial charge in [0.2, 0.25) is 0 Å². The third kappa shape index (κ3) is 3.65. The number of halogens is 3. The van der Waals surface area contributed by atoms with Gasteiger partial charge < -0.3 is 9.47 Å². The number of rotatable bonds is 4. The van der Waals surface area contributed by atoms with Gasteiger partial charge in [0.15, 0.2) is 11.5 Å². The van der Waals surface area contributed by atoms with E-state index in [1.807, 2.05) is 0 Å². The van der Waals surface area contributed by atoms with Crippen molar-refractivity contribution in [3.8, 4) is 17.2 Å². The van der Waals surface area contributed by atoms with Crippen LogP contribution in [-0.4, -0.2) is 23.9 Å². The second-order valence-corrected chi connectivity index (χ2v) is 7.90. The van der Waals surface area contributed by atoms with Gasteiger partial charge in [-0.3, -0.25) is 14.6 Å². The van der Waals surface area contributed by atoms with E-state index >= 15 is 0 Å². The minimum absolute atomic E-state index is 0.0591. The minimum atomic E-state index is -4.54. The van der Waals surface area contributed by atoms with Crippen LogP contribution in [0.4, 0.5) is 18.9 Å². The molecule has 5 rings (SSSR count). The van der Waals surface area contributed by atoms with Crippen molar-refractivity contribution in [2.75, 3.05) is 12.0 Å². The quantitative estimate of drug-likeness (QED) is 0.329. The summed E-state index contributed by atoms with van der Waals surface area (Å²) < 4.78 is 51.1. The summed E-state index contributed by atoms with van der Waals surface area (Å²) in [6.45, 7) is 1.76. The number of hydrogen-bond donors (Lipinski definition) is 0. The molecule has 6 nitrogen and oxygen atoms in total. The maximum absolute atomic E-state index is 13.2. The van der Waals surface area contributed by atoms with Crippen LogP contribution < -0.4 is 14.4 Å². The molecule has 0 spiro atoms. The van der Waals surface area contributed by atoms with Crippen LogP contribution in [0.1, 0.15) is 31.8 Å². The van der Waals surface area contributed by atoms with Gasteiger partial charge in [-0.15, -0.1) is 0 Å². The molecule has 0 fully saturated rings. The number of hydrogen-bond acceptors (Lipinski definition) is 5. The molecular formula is C26H17F3N2O4. The summed E-state index contributed by atoms with van der Waals surface area (Å²) in [6.07, 6.45) is -3.03. The molecule has 0 saturated carbocycles. The average molecular weight is 478 g/mol. The van der Waals surface area contributed by atoms with Crippen LogP contribution in [0.25, 0.3) is 10.9 Å². The maximum Gasteiger partial charge on any atom is 0.416 e. The average Bonchev–Trinajstić information content (AvgIpc) is 3.09. The minimum Gasteiger partial charge on any atom is -0.493 e. The molecule has 4 aromatic rings. The lowest BCUT2D eigenvalue weighted by Gasteiger charge is -2.21. The van der Waals surface area contributed by atoms with Gasteiger partial charge in [-0.25, -0.2) is 4.90 Å². The molecule has 9 heteroatoms. The number of carbonyl (C=O) groups excluding carboxylic acids is 2. The molecule has 0 radical (unpaired) electrons. The number of ether oxygens (including phenoxy) is 2.